The van der Waals surface area contributed by atoms with Crippen LogP contribution in [-0.4, -0.2) is 19.9 Å². The van der Waals surface area contributed by atoms with Gasteiger partial charge in [-0.3, -0.25) is 10.1 Å². The number of nitrogens with one attached hydrogen (secondary N) is 1. The Morgan fingerprint density at radius 1 is 1.11 bits per heavy atom. The molecule has 2 aromatic heterocycles. The monoisotopic (exact) mass is 393 g/mol. The summed E-state index contributed by atoms with van der Waals surface area (Å²) in [5.41, 5.74) is 0.512. The van der Waals surface area contributed by atoms with E-state index in [0.717, 1.165) is 21.3 Å². The predicted octanol–water partition coefficient (Wildman–Crippen LogP) is 5.15. The van der Waals surface area contributed by atoms with Crippen LogP contribution in [0.1, 0.15) is 10.6 Å². The molecule has 0 aliphatic carbocycles. The summed E-state index contributed by atoms with van der Waals surface area (Å²) in [4.78, 5) is 24.5. The number of aryl methyl sites for hydroxylation is 2. The Morgan fingerprint density at radius 3 is 2.61 bits per heavy atom. The van der Waals surface area contributed by atoms with Gasteiger partial charge in [-0.05, 0) is 36.8 Å². The van der Waals surface area contributed by atoms with Gasteiger partial charge in [-0.1, -0.05) is 30.3 Å². The average molecular weight is 393 g/mol. The molecule has 9 heteroatoms. The second-order valence-electron chi connectivity index (χ2n) is 6.03. The van der Waals surface area contributed by atoms with E-state index in [9.17, 15) is 10.1 Å². The van der Waals surface area contributed by atoms with E-state index in [4.69, 9.17) is 4.74 Å². The number of ether oxygens (including phenoxy) is 1. The summed E-state index contributed by atoms with van der Waals surface area (Å²) in [5, 5.41) is 17.1. The molecule has 0 aliphatic heterocycles. The second-order valence-corrected chi connectivity index (χ2v) is 7.23. The van der Waals surface area contributed by atoms with Gasteiger partial charge in [-0.15, -0.1) is 11.3 Å². The minimum atomic E-state index is -0.563. The van der Waals surface area contributed by atoms with Crippen molar-refractivity contribution in [2.24, 2.45) is 0 Å². The number of nitro groups is 1. The van der Waals surface area contributed by atoms with Crippen LogP contribution in [0.15, 0.2) is 48.8 Å². The number of aromatic nitrogens is 3. The smallest absolute Gasteiger partial charge is 0.373 e. The van der Waals surface area contributed by atoms with Crippen molar-refractivity contribution in [3.8, 4) is 11.6 Å². The number of hydrogen-bond acceptors (Lipinski definition) is 8. The molecule has 0 saturated heterocycles. The van der Waals surface area contributed by atoms with Gasteiger partial charge in [-0.25, -0.2) is 9.97 Å². The van der Waals surface area contributed by atoms with E-state index in [1.165, 1.54) is 17.7 Å². The standard InChI is InChI=1S/C19H15N5O3S/c1-11-12(2)28-19(22-11)23-17-16(24(25)26)18(21-10-20-17)27-15-8-7-13-5-3-4-6-14(13)9-15/h3-10H,1-2H3,(H,20,21,22,23). The van der Waals surface area contributed by atoms with Gasteiger partial charge < -0.3 is 10.1 Å². The van der Waals surface area contributed by atoms with E-state index in [0.29, 0.717) is 10.9 Å². The van der Waals surface area contributed by atoms with E-state index in [1.54, 1.807) is 6.07 Å². The molecule has 2 aromatic carbocycles. The van der Waals surface area contributed by atoms with E-state index in [-0.39, 0.29) is 17.4 Å². The van der Waals surface area contributed by atoms with E-state index in [2.05, 4.69) is 20.3 Å². The summed E-state index contributed by atoms with van der Waals surface area (Å²) in [6.45, 7) is 3.81. The number of anilines is 2. The van der Waals surface area contributed by atoms with Gasteiger partial charge in [0.1, 0.15) is 12.1 Å². The van der Waals surface area contributed by atoms with Crippen LogP contribution in [0.2, 0.25) is 0 Å². The van der Waals surface area contributed by atoms with Crippen molar-refractivity contribution in [2.45, 2.75) is 13.8 Å². The highest BCUT2D eigenvalue weighted by atomic mass is 32.1. The van der Waals surface area contributed by atoms with Crippen LogP contribution in [-0.2, 0) is 0 Å². The lowest BCUT2D eigenvalue weighted by atomic mass is 10.1. The molecule has 0 aliphatic rings. The summed E-state index contributed by atoms with van der Waals surface area (Å²) in [5.74, 6) is 0.347. The summed E-state index contributed by atoms with van der Waals surface area (Å²) < 4.78 is 5.74. The van der Waals surface area contributed by atoms with Crippen LogP contribution in [0.5, 0.6) is 11.6 Å². The molecule has 0 atom stereocenters. The minimum absolute atomic E-state index is 0.0320. The first-order chi connectivity index (χ1) is 13.5. The molecule has 0 saturated carbocycles. The Hall–Kier alpha value is -3.59. The Labute approximate surface area is 164 Å². The molecule has 0 unspecified atom stereocenters. The van der Waals surface area contributed by atoms with Gasteiger partial charge in [0.2, 0.25) is 5.82 Å². The summed E-state index contributed by atoms with van der Waals surface area (Å²) in [7, 11) is 0. The van der Waals surface area contributed by atoms with Crippen LogP contribution in [0, 0.1) is 24.0 Å². The lowest BCUT2D eigenvalue weighted by Crippen LogP contribution is -2.03. The van der Waals surface area contributed by atoms with Gasteiger partial charge in [0, 0.05) is 4.88 Å². The number of hydrogen-bond donors (Lipinski definition) is 1. The first kappa shape index (κ1) is 17.8. The molecule has 4 aromatic rings. The number of nitrogens with zero attached hydrogens (tertiary/aromatic N) is 4. The first-order valence-electron chi connectivity index (χ1n) is 8.38. The third-order valence-electron chi connectivity index (χ3n) is 4.16. The zero-order chi connectivity index (χ0) is 19.7. The van der Waals surface area contributed by atoms with Crippen molar-refractivity contribution in [2.75, 3.05) is 5.32 Å². The Balaban J connectivity index is 1.70. The normalized spacial score (nSPS) is 10.8. The van der Waals surface area contributed by atoms with E-state index >= 15 is 0 Å². The molecule has 0 bridgehead atoms. The highest BCUT2D eigenvalue weighted by Crippen LogP contribution is 2.37. The molecule has 140 valence electrons. The number of fused-ring (bicyclic) bond motifs is 1. The van der Waals surface area contributed by atoms with E-state index in [1.807, 2.05) is 50.2 Å². The molecule has 28 heavy (non-hydrogen) atoms. The lowest BCUT2D eigenvalue weighted by molar-refractivity contribution is -0.385. The van der Waals surface area contributed by atoms with Gasteiger partial charge in [-0.2, -0.15) is 4.98 Å². The van der Waals surface area contributed by atoms with Gasteiger partial charge >= 0.3 is 11.6 Å². The largest absolute Gasteiger partial charge is 0.434 e. The summed E-state index contributed by atoms with van der Waals surface area (Å²) >= 11 is 1.39. The molecule has 0 spiro atoms. The Kier molecular flexibility index (Phi) is 4.58. The molecule has 1 N–H and O–H groups in total. The molecule has 2 heterocycles. The maximum Gasteiger partial charge on any atom is 0.373 e. The first-order valence-corrected chi connectivity index (χ1v) is 9.20. The quantitative estimate of drug-likeness (QED) is 0.369. The van der Waals surface area contributed by atoms with Crippen LogP contribution in [0.25, 0.3) is 10.8 Å². The highest BCUT2D eigenvalue weighted by molar-refractivity contribution is 7.15. The highest BCUT2D eigenvalue weighted by Gasteiger charge is 2.26. The third-order valence-corrected chi connectivity index (χ3v) is 5.15. The molecule has 0 amide bonds. The lowest BCUT2D eigenvalue weighted by Gasteiger charge is -2.08. The van der Waals surface area contributed by atoms with Crippen molar-refractivity contribution in [3.05, 3.63) is 69.5 Å². The molecule has 0 radical (unpaired) electrons. The molecule has 8 nitrogen and oxygen atoms in total. The summed E-state index contributed by atoms with van der Waals surface area (Å²) in [6.07, 6.45) is 1.22. The fourth-order valence-electron chi connectivity index (χ4n) is 2.66. The Morgan fingerprint density at radius 2 is 1.89 bits per heavy atom. The van der Waals surface area contributed by atoms with Crippen LogP contribution in [0.4, 0.5) is 16.6 Å². The topological polar surface area (TPSA) is 103 Å². The molecular weight excluding hydrogens is 378 g/mol. The van der Waals surface area contributed by atoms with Crippen LogP contribution < -0.4 is 10.1 Å². The predicted molar refractivity (Wildman–Crippen MR) is 108 cm³/mol. The van der Waals surface area contributed by atoms with Crippen LogP contribution >= 0.6 is 11.3 Å². The van der Waals surface area contributed by atoms with Crippen LogP contribution in [0.3, 0.4) is 0 Å². The fraction of sp³-hybridized carbons (Fsp3) is 0.105. The second kappa shape index (κ2) is 7.20. The molecular formula is C19H15N5O3S. The fourth-order valence-corrected chi connectivity index (χ4v) is 3.48. The summed E-state index contributed by atoms with van der Waals surface area (Å²) in [6, 6.07) is 13.2. The van der Waals surface area contributed by atoms with Crippen molar-refractivity contribution in [1.29, 1.82) is 0 Å². The van der Waals surface area contributed by atoms with Gasteiger partial charge in [0.15, 0.2) is 5.13 Å². The zero-order valence-corrected chi connectivity index (χ0v) is 15.9. The number of benzene rings is 2. The van der Waals surface area contributed by atoms with E-state index < -0.39 is 4.92 Å². The number of rotatable bonds is 5. The SMILES string of the molecule is Cc1nc(Nc2ncnc(Oc3ccc4ccccc4c3)c2[N+](=O)[O-])sc1C. The Bertz CT molecular complexity index is 1170. The van der Waals surface area contributed by atoms with Crippen molar-refractivity contribution < 1.29 is 9.66 Å². The van der Waals surface area contributed by atoms with Crippen molar-refractivity contribution in [3.63, 3.8) is 0 Å². The van der Waals surface area contributed by atoms with Crippen molar-refractivity contribution >= 4 is 38.7 Å². The molecule has 0 fully saturated rings. The molecule has 4 rings (SSSR count). The number of thiazole rings is 1. The third kappa shape index (κ3) is 3.47. The van der Waals surface area contributed by atoms with Crippen molar-refractivity contribution in [1.82, 2.24) is 15.0 Å². The van der Waals surface area contributed by atoms with Gasteiger partial charge in [0.25, 0.3) is 0 Å². The zero-order valence-electron chi connectivity index (χ0n) is 15.0. The average Bonchev–Trinajstić information content (AvgIpc) is 2.98. The van der Waals surface area contributed by atoms with Gasteiger partial charge in [0.05, 0.1) is 10.6 Å². The minimum Gasteiger partial charge on any atom is -0.434 e. The maximum absolute atomic E-state index is 11.7. The maximum atomic E-state index is 11.7.